The number of carboxylic acids is 1. The third-order valence-corrected chi connectivity index (χ3v) is 6.21. The number of aliphatic carboxylic acids is 1. The first-order chi connectivity index (χ1) is 15.0. The van der Waals surface area contributed by atoms with E-state index >= 15 is 0 Å². The average Bonchev–Trinajstić information content (AvgIpc) is 2.78. The summed E-state index contributed by atoms with van der Waals surface area (Å²) >= 11 is 0. The molecule has 0 aliphatic carbocycles. The minimum atomic E-state index is -0.822. The van der Waals surface area contributed by atoms with Crippen LogP contribution in [0.4, 0.5) is 10.1 Å². The van der Waals surface area contributed by atoms with Gasteiger partial charge in [0.2, 0.25) is 0 Å². The van der Waals surface area contributed by atoms with Crippen molar-refractivity contribution in [3.63, 3.8) is 0 Å². The van der Waals surface area contributed by atoms with E-state index in [0.29, 0.717) is 13.1 Å². The van der Waals surface area contributed by atoms with E-state index in [1.165, 1.54) is 23.3 Å². The first kappa shape index (κ1) is 23.8. The highest BCUT2D eigenvalue weighted by atomic mass is 35.5. The Morgan fingerprint density at radius 1 is 0.938 bits per heavy atom. The van der Waals surface area contributed by atoms with Crippen molar-refractivity contribution < 1.29 is 14.3 Å². The van der Waals surface area contributed by atoms with Crippen LogP contribution in [0, 0.1) is 5.82 Å². The summed E-state index contributed by atoms with van der Waals surface area (Å²) in [5.74, 6) is -1.06. The topological polar surface area (TPSA) is 43.8 Å². The molecule has 1 aliphatic heterocycles. The lowest BCUT2D eigenvalue weighted by Gasteiger charge is -2.50. The van der Waals surface area contributed by atoms with Crippen molar-refractivity contribution >= 4 is 24.1 Å². The fourth-order valence-electron chi connectivity index (χ4n) is 4.76. The predicted molar refractivity (Wildman–Crippen MR) is 128 cm³/mol. The first-order valence-corrected chi connectivity index (χ1v) is 10.6. The SMILES string of the molecule is CC1[C@@H](C(c2ccccc2)c2ccccc2)N(c2ccc(F)cc2)CCN1CC(=O)O.Cl. The predicted octanol–water partition coefficient (Wildman–Crippen LogP) is 5.04. The lowest BCUT2D eigenvalue weighted by Crippen LogP contribution is -2.61. The van der Waals surface area contributed by atoms with E-state index in [2.05, 4.69) is 36.1 Å². The molecule has 3 aromatic rings. The summed E-state index contributed by atoms with van der Waals surface area (Å²) in [6, 6.07) is 27.2. The molecule has 168 valence electrons. The molecule has 0 amide bonds. The van der Waals surface area contributed by atoms with E-state index in [4.69, 9.17) is 0 Å². The molecule has 1 saturated heterocycles. The Hall–Kier alpha value is -2.89. The van der Waals surface area contributed by atoms with Crippen LogP contribution in [0.1, 0.15) is 24.0 Å². The van der Waals surface area contributed by atoms with Gasteiger partial charge >= 0.3 is 5.97 Å². The molecule has 0 spiro atoms. The molecule has 0 aromatic heterocycles. The Morgan fingerprint density at radius 2 is 1.47 bits per heavy atom. The van der Waals surface area contributed by atoms with E-state index in [1.54, 1.807) is 0 Å². The van der Waals surface area contributed by atoms with Crippen molar-refractivity contribution in [1.29, 1.82) is 0 Å². The summed E-state index contributed by atoms with van der Waals surface area (Å²) in [5, 5.41) is 9.46. The van der Waals surface area contributed by atoms with E-state index in [-0.39, 0.29) is 42.8 Å². The van der Waals surface area contributed by atoms with Crippen LogP contribution in [0.3, 0.4) is 0 Å². The molecule has 4 rings (SSSR count). The monoisotopic (exact) mass is 454 g/mol. The summed E-state index contributed by atoms with van der Waals surface area (Å²) in [7, 11) is 0. The van der Waals surface area contributed by atoms with Gasteiger partial charge < -0.3 is 10.0 Å². The van der Waals surface area contributed by atoms with Gasteiger partial charge in [-0.25, -0.2) is 4.39 Å². The van der Waals surface area contributed by atoms with Gasteiger partial charge in [-0.3, -0.25) is 9.69 Å². The van der Waals surface area contributed by atoms with Gasteiger partial charge in [0.25, 0.3) is 0 Å². The van der Waals surface area contributed by atoms with Gasteiger partial charge in [-0.05, 0) is 42.3 Å². The van der Waals surface area contributed by atoms with Gasteiger partial charge in [0.05, 0.1) is 12.6 Å². The zero-order chi connectivity index (χ0) is 21.8. The number of carbonyl (C=O) groups is 1. The van der Waals surface area contributed by atoms with Gasteiger partial charge in [0, 0.05) is 30.7 Å². The molecule has 1 N–H and O–H groups in total. The average molecular weight is 455 g/mol. The summed E-state index contributed by atoms with van der Waals surface area (Å²) in [4.78, 5) is 15.9. The largest absolute Gasteiger partial charge is 0.480 e. The zero-order valence-corrected chi connectivity index (χ0v) is 18.8. The van der Waals surface area contributed by atoms with E-state index in [0.717, 1.165) is 5.69 Å². The fourth-order valence-corrected chi connectivity index (χ4v) is 4.76. The number of benzene rings is 3. The first-order valence-electron chi connectivity index (χ1n) is 10.6. The van der Waals surface area contributed by atoms with Crippen LogP contribution in [-0.2, 0) is 4.79 Å². The van der Waals surface area contributed by atoms with Crippen molar-refractivity contribution in [3.8, 4) is 0 Å². The highest BCUT2D eigenvalue weighted by Gasteiger charge is 2.40. The Labute approximate surface area is 194 Å². The molecular formula is C26H28ClFN2O2. The van der Waals surface area contributed by atoms with Crippen molar-refractivity contribution in [3.05, 3.63) is 102 Å². The van der Waals surface area contributed by atoms with Gasteiger partial charge in [-0.15, -0.1) is 12.4 Å². The van der Waals surface area contributed by atoms with Crippen LogP contribution in [0.5, 0.6) is 0 Å². The number of anilines is 1. The van der Waals surface area contributed by atoms with Crippen LogP contribution in [0.25, 0.3) is 0 Å². The molecule has 1 aliphatic rings. The number of nitrogens with zero attached hydrogens (tertiary/aromatic N) is 2. The second-order valence-corrected chi connectivity index (χ2v) is 8.06. The maximum absolute atomic E-state index is 13.6. The van der Waals surface area contributed by atoms with Crippen LogP contribution in [0.15, 0.2) is 84.9 Å². The van der Waals surface area contributed by atoms with Gasteiger partial charge in [0.1, 0.15) is 5.82 Å². The number of hydrogen-bond acceptors (Lipinski definition) is 3. The van der Waals surface area contributed by atoms with E-state index in [9.17, 15) is 14.3 Å². The quantitative estimate of drug-likeness (QED) is 0.566. The van der Waals surface area contributed by atoms with E-state index in [1.807, 2.05) is 53.4 Å². The number of halogens is 2. The second-order valence-electron chi connectivity index (χ2n) is 8.06. The molecule has 2 atom stereocenters. The fraction of sp³-hybridized carbons (Fsp3) is 0.269. The Balaban J connectivity index is 0.00000289. The molecule has 1 fully saturated rings. The van der Waals surface area contributed by atoms with Crippen molar-refractivity contribution in [2.75, 3.05) is 24.5 Å². The summed E-state index contributed by atoms with van der Waals surface area (Å²) in [6.07, 6.45) is 0. The smallest absolute Gasteiger partial charge is 0.317 e. The standard InChI is InChI=1S/C26H27FN2O2.ClH/c1-19-26(25(20-8-4-2-5-9-20)21-10-6-3-7-11-21)29(17-16-28(19)18-24(30)31)23-14-12-22(27)13-15-23;/h2-15,19,25-26H,16-18H2,1H3,(H,30,31);1H/t19?,26-;/m0./s1. The Kier molecular flexibility index (Phi) is 7.89. The normalized spacial score (nSPS) is 18.9. The van der Waals surface area contributed by atoms with Crippen LogP contribution >= 0.6 is 12.4 Å². The van der Waals surface area contributed by atoms with Crippen LogP contribution < -0.4 is 4.90 Å². The maximum atomic E-state index is 13.6. The maximum Gasteiger partial charge on any atom is 0.317 e. The van der Waals surface area contributed by atoms with E-state index < -0.39 is 5.97 Å². The number of rotatable bonds is 6. The summed E-state index contributed by atoms with van der Waals surface area (Å²) in [5.41, 5.74) is 3.30. The van der Waals surface area contributed by atoms with Gasteiger partial charge in [-0.2, -0.15) is 0 Å². The molecule has 1 unspecified atom stereocenters. The molecule has 4 nitrogen and oxygen atoms in total. The number of carboxylic acid groups (broad SMARTS) is 1. The molecule has 3 aromatic carbocycles. The lowest BCUT2D eigenvalue weighted by atomic mass is 9.79. The molecule has 0 bridgehead atoms. The third-order valence-electron chi connectivity index (χ3n) is 6.21. The molecule has 32 heavy (non-hydrogen) atoms. The van der Waals surface area contributed by atoms with Crippen LogP contribution in [-0.4, -0.2) is 47.7 Å². The molecule has 6 heteroatoms. The zero-order valence-electron chi connectivity index (χ0n) is 18.0. The van der Waals surface area contributed by atoms with Crippen molar-refractivity contribution in [2.45, 2.75) is 24.9 Å². The molecule has 1 heterocycles. The van der Waals surface area contributed by atoms with Crippen LogP contribution in [0.2, 0.25) is 0 Å². The third kappa shape index (κ3) is 5.12. The molecular weight excluding hydrogens is 427 g/mol. The Morgan fingerprint density at radius 3 is 1.97 bits per heavy atom. The van der Waals surface area contributed by atoms with Crippen molar-refractivity contribution in [2.24, 2.45) is 0 Å². The van der Waals surface area contributed by atoms with Gasteiger partial charge in [-0.1, -0.05) is 60.7 Å². The summed E-state index contributed by atoms with van der Waals surface area (Å²) in [6.45, 7) is 3.41. The summed E-state index contributed by atoms with van der Waals surface area (Å²) < 4.78 is 13.6. The van der Waals surface area contributed by atoms with Crippen molar-refractivity contribution in [1.82, 2.24) is 4.90 Å². The highest BCUT2D eigenvalue weighted by Crippen LogP contribution is 2.38. The minimum Gasteiger partial charge on any atom is -0.480 e. The Bertz CT molecular complexity index is 962. The lowest BCUT2D eigenvalue weighted by molar-refractivity contribution is -0.139. The molecule has 0 radical (unpaired) electrons. The number of hydrogen-bond donors (Lipinski definition) is 1. The minimum absolute atomic E-state index is 0. The second kappa shape index (κ2) is 10.6. The molecule has 0 saturated carbocycles. The number of piperazine rings is 1. The highest BCUT2D eigenvalue weighted by molar-refractivity contribution is 5.85. The van der Waals surface area contributed by atoms with Gasteiger partial charge in [0.15, 0.2) is 0 Å².